The standard InChI is InChI=1S/C11H19NOS/c1-3-5-9(6-4-2)11-12-10(7-13)8-14-11/h7-9,11-12H,3-6H2,1-2H3. The van der Waals surface area contributed by atoms with E-state index in [2.05, 4.69) is 19.2 Å². The van der Waals surface area contributed by atoms with E-state index < -0.39 is 0 Å². The van der Waals surface area contributed by atoms with E-state index in [4.69, 9.17) is 0 Å². The van der Waals surface area contributed by atoms with Gasteiger partial charge in [0.2, 0.25) is 0 Å². The van der Waals surface area contributed by atoms with Crippen LogP contribution in [-0.4, -0.2) is 11.7 Å². The van der Waals surface area contributed by atoms with Crippen molar-refractivity contribution >= 4 is 18.0 Å². The van der Waals surface area contributed by atoms with Gasteiger partial charge in [0.15, 0.2) is 6.29 Å². The normalized spacial score (nSPS) is 20.8. The third-order valence-electron chi connectivity index (χ3n) is 2.52. The molecule has 0 aliphatic carbocycles. The molecular formula is C11H19NOS. The first-order valence-corrected chi connectivity index (χ1v) is 6.33. The van der Waals surface area contributed by atoms with Crippen LogP contribution >= 0.6 is 11.8 Å². The Kier molecular flexibility index (Phi) is 5.09. The quantitative estimate of drug-likeness (QED) is 0.688. The van der Waals surface area contributed by atoms with E-state index in [9.17, 15) is 4.79 Å². The molecule has 0 aromatic rings. The number of nitrogens with one attached hydrogen (secondary N) is 1. The predicted octanol–water partition coefficient (Wildman–Crippen LogP) is 2.91. The zero-order chi connectivity index (χ0) is 10.4. The summed E-state index contributed by atoms with van der Waals surface area (Å²) in [5.41, 5.74) is 0.747. The van der Waals surface area contributed by atoms with Crippen molar-refractivity contribution in [3.63, 3.8) is 0 Å². The Morgan fingerprint density at radius 1 is 1.50 bits per heavy atom. The highest BCUT2D eigenvalue weighted by Gasteiger charge is 2.24. The van der Waals surface area contributed by atoms with Crippen LogP contribution in [0.15, 0.2) is 11.1 Å². The molecule has 3 heteroatoms. The SMILES string of the molecule is CCCC(CCC)C1NC(C=O)=CS1. The van der Waals surface area contributed by atoms with Crippen molar-refractivity contribution in [3.8, 4) is 0 Å². The number of carbonyl (C=O) groups excluding carboxylic acids is 1. The van der Waals surface area contributed by atoms with Crippen LogP contribution in [0.4, 0.5) is 0 Å². The molecule has 1 N–H and O–H groups in total. The summed E-state index contributed by atoms with van der Waals surface area (Å²) in [6.45, 7) is 4.44. The molecule has 0 amide bonds. The van der Waals surface area contributed by atoms with Gasteiger partial charge < -0.3 is 5.32 Å². The fraction of sp³-hybridized carbons (Fsp3) is 0.727. The van der Waals surface area contributed by atoms with Gasteiger partial charge in [-0.25, -0.2) is 0 Å². The summed E-state index contributed by atoms with van der Waals surface area (Å²) in [7, 11) is 0. The third kappa shape index (κ3) is 3.05. The van der Waals surface area contributed by atoms with Crippen molar-refractivity contribution in [2.24, 2.45) is 5.92 Å². The first-order valence-electron chi connectivity index (χ1n) is 5.39. The maximum atomic E-state index is 10.5. The minimum absolute atomic E-state index is 0.426. The highest BCUT2D eigenvalue weighted by atomic mass is 32.2. The zero-order valence-corrected chi connectivity index (χ0v) is 9.77. The van der Waals surface area contributed by atoms with Crippen LogP contribution in [0.25, 0.3) is 0 Å². The fourth-order valence-electron chi connectivity index (χ4n) is 1.86. The molecule has 1 aliphatic heterocycles. The lowest BCUT2D eigenvalue weighted by molar-refractivity contribution is -0.105. The number of carbonyl (C=O) groups is 1. The summed E-state index contributed by atoms with van der Waals surface area (Å²) in [5, 5.41) is 5.63. The Balaban J connectivity index is 2.42. The van der Waals surface area contributed by atoms with Gasteiger partial charge in [0.05, 0.1) is 11.1 Å². The molecule has 0 saturated heterocycles. The maximum Gasteiger partial charge on any atom is 0.166 e. The summed E-state index contributed by atoms with van der Waals surface area (Å²) in [6.07, 6.45) is 5.85. The summed E-state index contributed by atoms with van der Waals surface area (Å²) < 4.78 is 0. The molecule has 1 atom stereocenters. The molecule has 0 radical (unpaired) electrons. The Hall–Kier alpha value is -0.440. The van der Waals surface area contributed by atoms with E-state index in [0.717, 1.165) is 12.0 Å². The van der Waals surface area contributed by atoms with Gasteiger partial charge in [-0.2, -0.15) is 0 Å². The topological polar surface area (TPSA) is 29.1 Å². The minimum atomic E-state index is 0.426. The van der Waals surface area contributed by atoms with Crippen molar-refractivity contribution in [1.29, 1.82) is 0 Å². The fourth-order valence-corrected chi connectivity index (χ4v) is 2.97. The number of thioether (sulfide) groups is 1. The molecule has 2 nitrogen and oxygen atoms in total. The second-order valence-electron chi connectivity index (χ2n) is 3.73. The monoisotopic (exact) mass is 213 g/mol. The molecular weight excluding hydrogens is 194 g/mol. The lowest BCUT2D eigenvalue weighted by Gasteiger charge is -2.22. The third-order valence-corrected chi connectivity index (χ3v) is 3.71. The average molecular weight is 213 g/mol. The summed E-state index contributed by atoms with van der Waals surface area (Å²) in [6, 6.07) is 0. The maximum absolute atomic E-state index is 10.5. The molecule has 14 heavy (non-hydrogen) atoms. The summed E-state index contributed by atoms with van der Waals surface area (Å²) in [4.78, 5) is 10.5. The van der Waals surface area contributed by atoms with E-state index in [-0.39, 0.29) is 0 Å². The predicted molar refractivity (Wildman–Crippen MR) is 62.0 cm³/mol. The van der Waals surface area contributed by atoms with Crippen molar-refractivity contribution in [2.75, 3.05) is 0 Å². The molecule has 0 spiro atoms. The molecule has 0 bridgehead atoms. The van der Waals surface area contributed by atoms with Gasteiger partial charge in [0.1, 0.15) is 0 Å². The van der Waals surface area contributed by atoms with Crippen LogP contribution in [0.3, 0.4) is 0 Å². The summed E-state index contributed by atoms with van der Waals surface area (Å²) >= 11 is 1.76. The molecule has 1 heterocycles. The Labute approximate surface area is 90.5 Å². The smallest absolute Gasteiger partial charge is 0.166 e. The van der Waals surface area contributed by atoms with E-state index in [1.165, 1.54) is 25.7 Å². The van der Waals surface area contributed by atoms with Crippen molar-refractivity contribution in [1.82, 2.24) is 5.32 Å². The molecule has 0 fully saturated rings. The lowest BCUT2D eigenvalue weighted by Crippen LogP contribution is -2.29. The van der Waals surface area contributed by atoms with Crippen LogP contribution < -0.4 is 5.32 Å². The van der Waals surface area contributed by atoms with Crippen LogP contribution in [0.5, 0.6) is 0 Å². The van der Waals surface area contributed by atoms with Gasteiger partial charge >= 0.3 is 0 Å². The van der Waals surface area contributed by atoms with Crippen molar-refractivity contribution in [2.45, 2.75) is 44.9 Å². The van der Waals surface area contributed by atoms with Gasteiger partial charge in [-0.15, -0.1) is 11.8 Å². The van der Waals surface area contributed by atoms with Crippen LogP contribution in [0.1, 0.15) is 39.5 Å². The first kappa shape index (κ1) is 11.6. The van der Waals surface area contributed by atoms with E-state index in [1.54, 1.807) is 11.8 Å². The van der Waals surface area contributed by atoms with Gasteiger partial charge in [0.25, 0.3) is 0 Å². The number of hydrogen-bond donors (Lipinski definition) is 1. The van der Waals surface area contributed by atoms with E-state index >= 15 is 0 Å². The van der Waals surface area contributed by atoms with Crippen molar-refractivity contribution < 1.29 is 4.79 Å². The van der Waals surface area contributed by atoms with Crippen LogP contribution in [-0.2, 0) is 4.79 Å². The van der Waals surface area contributed by atoms with Crippen LogP contribution in [0.2, 0.25) is 0 Å². The zero-order valence-electron chi connectivity index (χ0n) is 8.95. The highest BCUT2D eigenvalue weighted by Crippen LogP contribution is 2.31. The Morgan fingerprint density at radius 2 is 2.14 bits per heavy atom. The average Bonchev–Trinajstić information content (AvgIpc) is 2.65. The number of aldehydes is 1. The molecule has 80 valence electrons. The van der Waals surface area contributed by atoms with E-state index in [0.29, 0.717) is 11.3 Å². The Morgan fingerprint density at radius 3 is 2.57 bits per heavy atom. The lowest BCUT2D eigenvalue weighted by atomic mass is 9.98. The highest BCUT2D eigenvalue weighted by molar-refractivity contribution is 8.03. The molecule has 1 aliphatic rings. The molecule has 0 aromatic carbocycles. The number of allylic oxidation sites excluding steroid dienone is 1. The number of rotatable bonds is 6. The molecule has 1 rings (SSSR count). The molecule has 0 saturated carbocycles. The largest absolute Gasteiger partial charge is 0.370 e. The first-order chi connectivity index (χ1) is 6.81. The molecule has 0 aromatic heterocycles. The second kappa shape index (κ2) is 6.12. The van der Waals surface area contributed by atoms with Gasteiger partial charge in [-0.05, 0) is 24.2 Å². The van der Waals surface area contributed by atoms with Gasteiger partial charge in [0, 0.05) is 0 Å². The van der Waals surface area contributed by atoms with Crippen LogP contribution in [0, 0.1) is 5.92 Å². The Bertz CT molecular complexity index is 209. The second-order valence-corrected chi connectivity index (χ2v) is 4.75. The van der Waals surface area contributed by atoms with Gasteiger partial charge in [-0.1, -0.05) is 26.7 Å². The van der Waals surface area contributed by atoms with Crippen molar-refractivity contribution in [3.05, 3.63) is 11.1 Å². The van der Waals surface area contributed by atoms with E-state index in [1.807, 2.05) is 5.41 Å². The molecule has 1 unspecified atom stereocenters. The van der Waals surface area contributed by atoms with Gasteiger partial charge in [-0.3, -0.25) is 4.79 Å². The summed E-state index contributed by atoms with van der Waals surface area (Å²) in [5.74, 6) is 0.698. The minimum Gasteiger partial charge on any atom is -0.370 e. The number of hydrogen-bond acceptors (Lipinski definition) is 3.